The molecule has 0 saturated carbocycles. The van der Waals surface area contributed by atoms with Crippen LogP contribution in [0.1, 0.15) is 18.1 Å². The summed E-state index contributed by atoms with van der Waals surface area (Å²) < 4.78 is 67.5. The van der Waals surface area contributed by atoms with Gasteiger partial charge in [-0.05, 0) is 61.0 Å². The maximum Gasteiger partial charge on any atom is 0.416 e. The van der Waals surface area contributed by atoms with Crippen LogP contribution >= 0.6 is 0 Å². The average Bonchev–Trinajstić information content (AvgIpc) is 3.29. The number of hydrogen-bond donors (Lipinski definition) is 2. The number of fused-ring (bicyclic) bond motifs is 1. The predicted octanol–water partition coefficient (Wildman–Crippen LogP) is 4.44. The molecule has 2 aromatic carbocycles. The van der Waals surface area contributed by atoms with Crippen LogP contribution < -0.4 is 19.8 Å². The minimum Gasteiger partial charge on any atom is -0.369 e. The van der Waals surface area contributed by atoms with Gasteiger partial charge in [-0.2, -0.15) is 18.2 Å². The molecule has 0 spiro atoms. The van der Waals surface area contributed by atoms with Crippen LogP contribution in [0.5, 0.6) is 0 Å². The highest BCUT2D eigenvalue weighted by Crippen LogP contribution is 2.34. The summed E-state index contributed by atoms with van der Waals surface area (Å²) in [5.41, 5.74) is 1.89. The van der Waals surface area contributed by atoms with E-state index in [0.29, 0.717) is 23.0 Å². The van der Waals surface area contributed by atoms with Crippen molar-refractivity contribution in [1.82, 2.24) is 19.9 Å². The summed E-state index contributed by atoms with van der Waals surface area (Å²) in [7, 11) is -2.39. The number of anilines is 4. The fourth-order valence-electron chi connectivity index (χ4n) is 4.77. The van der Waals surface area contributed by atoms with Crippen LogP contribution in [0.2, 0.25) is 0 Å². The van der Waals surface area contributed by atoms with E-state index in [1.165, 1.54) is 13.1 Å². The Bertz CT molecular complexity index is 1620. The van der Waals surface area contributed by atoms with Gasteiger partial charge < -0.3 is 20.1 Å². The molecule has 1 aliphatic heterocycles. The van der Waals surface area contributed by atoms with Gasteiger partial charge in [-0.15, -0.1) is 0 Å². The lowest BCUT2D eigenvalue weighted by Crippen LogP contribution is -2.49. The van der Waals surface area contributed by atoms with Crippen molar-refractivity contribution in [2.75, 3.05) is 47.5 Å². The van der Waals surface area contributed by atoms with Crippen molar-refractivity contribution in [3.05, 3.63) is 72.1 Å². The zero-order valence-corrected chi connectivity index (χ0v) is 23.1. The molecule has 0 radical (unpaired) electrons. The van der Waals surface area contributed by atoms with E-state index in [2.05, 4.69) is 32.4 Å². The zero-order valence-electron chi connectivity index (χ0n) is 22.3. The van der Waals surface area contributed by atoms with Gasteiger partial charge in [-0.3, -0.25) is 4.31 Å². The molecule has 212 valence electrons. The maximum absolute atomic E-state index is 13.5. The van der Waals surface area contributed by atoms with Crippen molar-refractivity contribution in [3.63, 3.8) is 0 Å². The molecule has 4 aromatic rings. The number of nitrogens with zero attached hydrogens (tertiary/aromatic N) is 5. The van der Waals surface area contributed by atoms with Crippen molar-refractivity contribution >= 4 is 44.1 Å². The van der Waals surface area contributed by atoms with E-state index in [1.54, 1.807) is 23.0 Å². The fraction of sp³-hybridized carbons (Fsp3) is 0.333. The topological polar surface area (TPSA) is 95.4 Å². The highest BCUT2D eigenvalue weighted by Gasteiger charge is 2.32. The molecular formula is C27H30F3N7O2S. The zero-order chi connectivity index (χ0) is 28.7. The largest absolute Gasteiger partial charge is 0.416 e. The van der Waals surface area contributed by atoms with Gasteiger partial charge in [-0.1, -0.05) is 0 Å². The summed E-state index contributed by atoms with van der Waals surface area (Å²) in [5, 5.41) is 7.32. The second kappa shape index (κ2) is 10.6. The Kier molecular flexibility index (Phi) is 7.36. The molecule has 13 heteroatoms. The molecule has 2 aromatic heterocycles. The maximum atomic E-state index is 13.5. The van der Waals surface area contributed by atoms with E-state index in [1.807, 2.05) is 24.3 Å². The van der Waals surface area contributed by atoms with E-state index in [9.17, 15) is 21.6 Å². The summed E-state index contributed by atoms with van der Waals surface area (Å²) in [4.78, 5) is 11.3. The molecule has 2 N–H and O–H groups in total. The minimum absolute atomic E-state index is 0.0309. The number of piperazine rings is 1. The van der Waals surface area contributed by atoms with Gasteiger partial charge in [-0.25, -0.2) is 13.4 Å². The van der Waals surface area contributed by atoms with Crippen LogP contribution in [0, 0.1) is 0 Å². The Labute approximate surface area is 230 Å². The monoisotopic (exact) mass is 573 g/mol. The van der Waals surface area contributed by atoms with Crippen LogP contribution in [0.3, 0.4) is 0 Å². The van der Waals surface area contributed by atoms with Gasteiger partial charge in [0.25, 0.3) is 0 Å². The Balaban J connectivity index is 1.42. The van der Waals surface area contributed by atoms with Crippen LogP contribution in [0.4, 0.5) is 36.2 Å². The van der Waals surface area contributed by atoms with Gasteiger partial charge in [0.1, 0.15) is 5.65 Å². The first-order chi connectivity index (χ1) is 18.9. The van der Waals surface area contributed by atoms with E-state index in [0.717, 1.165) is 53.7 Å². The first kappa shape index (κ1) is 27.7. The van der Waals surface area contributed by atoms with Gasteiger partial charge in [0.2, 0.25) is 16.0 Å². The third-order valence-corrected chi connectivity index (χ3v) is 8.14. The molecular weight excluding hydrogens is 543 g/mol. The number of aromatic nitrogens is 3. The number of benzene rings is 2. The second-order valence-corrected chi connectivity index (χ2v) is 12.0. The van der Waals surface area contributed by atoms with Crippen LogP contribution in [0.15, 0.2) is 60.9 Å². The number of alkyl halides is 3. The molecule has 40 heavy (non-hydrogen) atoms. The van der Waals surface area contributed by atoms with Crippen molar-refractivity contribution in [2.24, 2.45) is 0 Å². The summed E-state index contributed by atoms with van der Waals surface area (Å²) in [6.07, 6.45) is -0.251. The number of rotatable bonds is 7. The average molecular weight is 574 g/mol. The molecule has 0 amide bonds. The van der Waals surface area contributed by atoms with Gasteiger partial charge in [0, 0.05) is 61.9 Å². The van der Waals surface area contributed by atoms with E-state index in [-0.39, 0.29) is 17.8 Å². The second-order valence-electron chi connectivity index (χ2n) is 9.96. The van der Waals surface area contributed by atoms with Crippen molar-refractivity contribution in [1.29, 1.82) is 0 Å². The summed E-state index contributed by atoms with van der Waals surface area (Å²) >= 11 is 0. The Morgan fingerprint density at radius 1 is 1.15 bits per heavy atom. The molecule has 0 aliphatic carbocycles. The highest BCUT2D eigenvalue weighted by molar-refractivity contribution is 7.92. The van der Waals surface area contributed by atoms with Crippen LogP contribution in [-0.2, 0) is 22.7 Å². The Morgan fingerprint density at radius 3 is 2.58 bits per heavy atom. The standard InChI is InChI=1S/C27H30F3N7O2S/c1-18-16-36(13-11-31-18)23-7-5-22(6-8-23)33-26-32-15-19-10-12-37(25(19)34-26)17-20-14-21(27(28,29)30)4-9-24(20)35(2)40(3,38)39/h4-10,12,14-15,18,31H,11,13,16-17H2,1-3H3,(H,32,33,34). The number of nitrogens with one attached hydrogen (secondary N) is 2. The molecule has 1 fully saturated rings. The first-order valence-electron chi connectivity index (χ1n) is 12.7. The fourth-order valence-corrected chi connectivity index (χ4v) is 5.30. The lowest BCUT2D eigenvalue weighted by atomic mass is 10.1. The minimum atomic E-state index is -4.58. The van der Waals surface area contributed by atoms with Crippen LogP contribution in [0.25, 0.3) is 11.0 Å². The molecule has 1 atom stereocenters. The smallest absolute Gasteiger partial charge is 0.369 e. The van der Waals surface area contributed by atoms with Crippen molar-refractivity contribution < 1.29 is 21.6 Å². The molecule has 5 rings (SSSR count). The summed E-state index contributed by atoms with van der Waals surface area (Å²) in [6, 6.07) is 13.2. The summed E-state index contributed by atoms with van der Waals surface area (Å²) in [6.45, 7) is 4.92. The molecule has 1 saturated heterocycles. The Morgan fingerprint density at radius 2 is 1.90 bits per heavy atom. The Hall–Kier alpha value is -3.84. The lowest BCUT2D eigenvalue weighted by molar-refractivity contribution is -0.137. The molecule has 1 unspecified atom stereocenters. The highest BCUT2D eigenvalue weighted by atomic mass is 32.2. The van der Waals surface area contributed by atoms with E-state index in [4.69, 9.17) is 0 Å². The SMILES string of the molecule is CC1CN(c2ccc(Nc3ncc4ccn(Cc5cc(C(F)(F)F)ccc5N(C)S(C)(=O)=O)c4n3)cc2)CCN1. The lowest BCUT2D eigenvalue weighted by Gasteiger charge is -2.33. The molecule has 0 bridgehead atoms. The van der Waals surface area contributed by atoms with Crippen molar-refractivity contribution in [2.45, 2.75) is 25.7 Å². The normalized spacial score (nSPS) is 16.4. The molecule has 3 heterocycles. The van der Waals surface area contributed by atoms with Gasteiger partial charge in [0.15, 0.2) is 0 Å². The number of halogens is 3. The van der Waals surface area contributed by atoms with Crippen LogP contribution in [-0.4, -0.2) is 61.9 Å². The van der Waals surface area contributed by atoms with E-state index >= 15 is 0 Å². The predicted molar refractivity (Wildman–Crippen MR) is 151 cm³/mol. The number of sulfonamides is 1. The van der Waals surface area contributed by atoms with Crippen molar-refractivity contribution in [3.8, 4) is 0 Å². The van der Waals surface area contributed by atoms with Gasteiger partial charge >= 0.3 is 6.18 Å². The number of hydrogen-bond acceptors (Lipinski definition) is 7. The third-order valence-electron chi connectivity index (χ3n) is 6.94. The molecule has 1 aliphatic rings. The van der Waals surface area contributed by atoms with E-state index < -0.39 is 21.8 Å². The summed E-state index contributed by atoms with van der Waals surface area (Å²) in [5.74, 6) is 0.327. The quantitative estimate of drug-likeness (QED) is 0.338. The first-order valence-corrected chi connectivity index (χ1v) is 14.5. The third kappa shape index (κ3) is 5.99. The van der Waals surface area contributed by atoms with Gasteiger partial charge in [0.05, 0.1) is 24.1 Å². The molecule has 9 nitrogen and oxygen atoms in total.